The number of hydrogen-bond donors (Lipinski definition) is 0. The number of aromatic nitrogens is 1. The molecular formula is C18H22N2O. The van der Waals surface area contributed by atoms with Crippen LogP contribution in [0.25, 0.3) is 0 Å². The number of hydrogen-bond acceptors (Lipinski definition) is 3. The minimum Gasteiger partial charge on any atom is -0.481 e. The predicted molar refractivity (Wildman–Crippen MR) is 84.4 cm³/mol. The molecule has 1 aliphatic heterocycles. The summed E-state index contributed by atoms with van der Waals surface area (Å²) in [5, 5.41) is 0. The zero-order chi connectivity index (χ0) is 14.7. The number of benzene rings is 1. The second-order valence-electron chi connectivity index (χ2n) is 5.64. The second-order valence-corrected chi connectivity index (χ2v) is 5.64. The summed E-state index contributed by atoms with van der Waals surface area (Å²) in [6.45, 7) is 4.25. The van der Waals surface area contributed by atoms with Crippen molar-refractivity contribution in [3.05, 3.63) is 59.3 Å². The van der Waals surface area contributed by atoms with Gasteiger partial charge in [-0.05, 0) is 37.4 Å². The lowest BCUT2D eigenvalue weighted by molar-refractivity contribution is 0.247. The SMILES string of the molecule is COc1ccc(C2CCCN2Cc2ccccc2)c(C)n1. The second kappa shape index (κ2) is 6.27. The Hall–Kier alpha value is -1.87. The summed E-state index contributed by atoms with van der Waals surface area (Å²) in [5.41, 5.74) is 3.80. The molecule has 110 valence electrons. The molecule has 2 aromatic rings. The van der Waals surface area contributed by atoms with Gasteiger partial charge in [-0.25, -0.2) is 4.98 Å². The summed E-state index contributed by atoms with van der Waals surface area (Å²) in [4.78, 5) is 7.09. The highest BCUT2D eigenvalue weighted by atomic mass is 16.5. The van der Waals surface area contributed by atoms with E-state index >= 15 is 0 Å². The van der Waals surface area contributed by atoms with Crippen LogP contribution in [-0.4, -0.2) is 23.5 Å². The van der Waals surface area contributed by atoms with Crippen LogP contribution >= 0.6 is 0 Å². The summed E-state index contributed by atoms with van der Waals surface area (Å²) in [7, 11) is 1.67. The van der Waals surface area contributed by atoms with Crippen LogP contribution in [0.5, 0.6) is 5.88 Å². The molecule has 1 atom stereocenters. The molecule has 0 amide bonds. The average molecular weight is 282 g/mol. The lowest BCUT2D eigenvalue weighted by Gasteiger charge is -2.26. The Balaban J connectivity index is 1.80. The Morgan fingerprint density at radius 1 is 1.19 bits per heavy atom. The van der Waals surface area contributed by atoms with E-state index in [4.69, 9.17) is 4.74 Å². The van der Waals surface area contributed by atoms with Gasteiger partial charge in [-0.3, -0.25) is 4.90 Å². The van der Waals surface area contributed by atoms with E-state index in [0.29, 0.717) is 11.9 Å². The molecule has 0 spiro atoms. The van der Waals surface area contributed by atoms with E-state index in [1.54, 1.807) is 7.11 Å². The van der Waals surface area contributed by atoms with Gasteiger partial charge in [-0.15, -0.1) is 0 Å². The first-order valence-electron chi connectivity index (χ1n) is 7.57. The van der Waals surface area contributed by atoms with Crippen molar-refractivity contribution in [1.29, 1.82) is 0 Å². The Kier molecular flexibility index (Phi) is 4.20. The average Bonchev–Trinajstić information content (AvgIpc) is 2.96. The fourth-order valence-electron chi connectivity index (χ4n) is 3.20. The maximum atomic E-state index is 5.21. The van der Waals surface area contributed by atoms with Gasteiger partial charge < -0.3 is 4.74 Å². The number of ether oxygens (including phenoxy) is 1. The van der Waals surface area contributed by atoms with Crippen LogP contribution in [0.1, 0.15) is 35.7 Å². The minimum absolute atomic E-state index is 0.476. The zero-order valence-electron chi connectivity index (χ0n) is 12.7. The molecule has 0 N–H and O–H groups in total. The topological polar surface area (TPSA) is 25.4 Å². The largest absolute Gasteiger partial charge is 0.481 e. The lowest BCUT2D eigenvalue weighted by Crippen LogP contribution is -2.23. The molecule has 3 nitrogen and oxygen atoms in total. The molecule has 21 heavy (non-hydrogen) atoms. The fourth-order valence-corrected chi connectivity index (χ4v) is 3.20. The van der Waals surface area contributed by atoms with Gasteiger partial charge in [0.25, 0.3) is 0 Å². The highest BCUT2D eigenvalue weighted by Gasteiger charge is 2.27. The van der Waals surface area contributed by atoms with Crippen LogP contribution in [0, 0.1) is 6.92 Å². The number of pyridine rings is 1. The first kappa shape index (κ1) is 14.1. The Bertz CT molecular complexity index is 597. The van der Waals surface area contributed by atoms with E-state index < -0.39 is 0 Å². The number of aryl methyl sites for hydroxylation is 1. The van der Waals surface area contributed by atoms with Gasteiger partial charge in [0.1, 0.15) is 0 Å². The minimum atomic E-state index is 0.476. The van der Waals surface area contributed by atoms with Crippen molar-refractivity contribution in [3.8, 4) is 5.88 Å². The van der Waals surface area contributed by atoms with Gasteiger partial charge in [0.2, 0.25) is 5.88 Å². The Morgan fingerprint density at radius 3 is 2.71 bits per heavy atom. The van der Waals surface area contributed by atoms with Crippen molar-refractivity contribution in [1.82, 2.24) is 9.88 Å². The van der Waals surface area contributed by atoms with E-state index in [-0.39, 0.29) is 0 Å². The van der Waals surface area contributed by atoms with Gasteiger partial charge in [-0.2, -0.15) is 0 Å². The smallest absolute Gasteiger partial charge is 0.213 e. The van der Waals surface area contributed by atoms with Gasteiger partial charge in [-0.1, -0.05) is 36.4 Å². The highest BCUT2D eigenvalue weighted by molar-refractivity contribution is 5.29. The summed E-state index contributed by atoms with van der Waals surface area (Å²) in [6, 6.07) is 15.3. The van der Waals surface area contributed by atoms with Gasteiger partial charge in [0.15, 0.2) is 0 Å². The molecule has 2 heterocycles. The third kappa shape index (κ3) is 3.08. The summed E-state index contributed by atoms with van der Waals surface area (Å²) in [6.07, 6.45) is 2.46. The van der Waals surface area contributed by atoms with Gasteiger partial charge in [0.05, 0.1) is 7.11 Å². The van der Waals surface area contributed by atoms with E-state index in [9.17, 15) is 0 Å². The molecule has 1 aliphatic rings. The molecular weight excluding hydrogens is 260 g/mol. The van der Waals surface area contributed by atoms with Crippen LogP contribution < -0.4 is 4.74 Å². The van der Waals surface area contributed by atoms with E-state index in [1.165, 1.54) is 24.0 Å². The first-order valence-corrected chi connectivity index (χ1v) is 7.57. The molecule has 3 rings (SSSR count). The molecule has 1 aromatic carbocycles. The summed E-state index contributed by atoms with van der Waals surface area (Å²) >= 11 is 0. The third-order valence-electron chi connectivity index (χ3n) is 4.26. The lowest BCUT2D eigenvalue weighted by atomic mass is 10.0. The van der Waals surface area contributed by atoms with Crippen LogP contribution in [0.4, 0.5) is 0 Å². The molecule has 1 saturated heterocycles. The molecule has 1 aromatic heterocycles. The number of nitrogens with zero attached hydrogens (tertiary/aromatic N) is 2. The molecule has 0 saturated carbocycles. The standard InChI is InChI=1S/C18H22N2O/c1-14-16(10-11-18(19-14)21-2)17-9-6-12-20(17)13-15-7-4-3-5-8-15/h3-5,7-8,10-11,17H,6,9,12-13H2,1-2H3. The van der Waals surface area contributed by atoms with Crippen LogP contribution in [0.15, 0.2) is 42.5 Å². The number of likely N-dealkylation sites (tertiary alicyclic amines) is 1. The molecule has 0 radical (unpaired) electrons. The van der Waals surface area contributed by atoms with E-state index in [2.05, 4.69) is 53.2 Å². The third-order valence-corrected chi connectivity index (χ3v) is 4.26. The monoisotopic (exact) mass is 282 g/mol. The van der Waals surface area contributed by atoms with Crippen molar-refractivity contribution in [2.45, 2.75) is 32.4 Å². The van der Waals surface area contributed by atoms with Crippen molar-refractivity contribution in [3.63, 3.8) is 0 Å². The fraction of sp³-hybridized carbons (Fsp3) is 0.389. The molecule has 0 aliphatic carbocycles. The van der Waals surface area contributed by atoms with Crippen molar-refractivity contribution in [2.24, 2.45) is 0 Å². The molecule has 3 heteroatoms. The van der Waals surface area contributed by atoms with E-state index in [0.717, 1.165) is 18.8 Å². The number of methoxy groups -OCH3 is 1. The van der Waals surface area contributed by atoms with E-state index in [1.807, 2.05) is 6.07 Å². The summed E-state index contributed by atoms with van der Waals surface area (Å²) in [5.74, 6) is 0.698. The Labute approximate surface area is 126 Å². The Morgan fingerprint density at radius 2 is 2.00 bits per heavy atom. The normalized spacial score (nSPS) is 18.9. The molecule has 1 unspecified atom stereocenters. The van der Waals surface area contributed by atoms with Crippen molar-refractivity contribution < 1.29 is 4.74 Å². The maximum Gasteiger partial charge on any atom is 0.213 e. The van der Waals surface area contributed by atoms with Crippen LogP contribution in [0.3, 0.4) is 0 Å². The molecule has 1 fully saturated rings. The van der Waals surface area contributed by atoms with Crippen LogP contribution in [0.2, 0.25) is 0 Å². The van der Waals surface area contributed by atoms with Gasteiger partial charge >= 0.3 is 0 Å². The number of rotatable bonds is 4. The summed E-state index contributed by atoms with van der Waals surface area (Å²) < 4.78 is 5.21. The maximum absolute atomic E-state index is 5.21. The van der Waals surface area contributed by atoms with Crippen molar-refractivity contribution >= 4 is 0 Å². The first-order chi connectivity index (χ1) is 10.3. The van der Waals surface area contributed by atoms with Gasteiger partial charge in [0, 0.05) is 24.3 Å². The van der Waals surface area contributed by atoms with Crippen molar-refractivity contribution in [2.75, 3.05) is 13.7 Å². The molecule has 0 bridgehead atoms. The highest BCUT2D eigenvalue weighted by Crippen LogP contribution is 2.34. The quantitative estimate of drug-likeness (QED) is 0.854. The predicted octanol–water partition coefficient (Wildman–Crippen LogP) is 3.74. The zero-order valence-corrected chi connectivity index (χ0v) is 12.7. The van der Waals surface area contributed by atoms with Crippen LogP contribution in [-0.2, 0) is 6.54 Å².